The van der Waals surface area contributed by atoms with Crippen molar-refractivity contribution in [2.24, 2.45) is 0 Å². The number of rotatable bonds is 4. The molecule has 2 aromatic heterocycles. The van der Waals surface area contributed by atoms with E-state index in [0.29, 0.717) is 27.2 Å². The fourth-order valence-corrected chi connectivity index (χ4v) is 3.75. The Morgan fingerprint density at radius 2 is 1.97 bits per heavy atom. The van der Waals surface area contributed by atoms with Gasteiger partial charge >= 0.3 is 0 Å². The van der Waals surface area contributed by atoms with Crippen LogP contribution in [0.1, 0.15) is 4.88 Å². The van der Waals surface area contributed by atoms with Crippen molar-refractivity contribution < 1.29 is 13.6 Å². The summed E-state index contributed by atoms with van der Waals surface area (Å²) in [7, 11) is 0. The molecule has 0 radical (unpaired) electrons. The summed E-state index contributed by atoms with van der Waals surface area (Å²) in [4.78, 5) is 29.9. The molecule has 0 atom stereocenters. The van der Waals surface area contributed by atoms with Crippen LogP contribution in [0, 0.1) is 18.6 Å². The number of halogens is 2. The first-order valence-corrected chi connectivity index (χ1v) is 9.41. The summed E-state index contributed by atoms with van der Waals surface area (Å²) >= 11 is 1.20. The highest BCUT2D eigenvalue weighted by Gasteiger charge is 2.15. The van der Waals surface area contributed by atoms with Crippen LogP contribution in [-0.4, -0.2) is 20.7 Å². The van der Waals surface area contributed by atoms with E-state index in [0.717, 1.165) is 21.7 Å². The lowest BCUT2D eigenvalue weighted by Gasteiger charge is -2.05. The van der Waals surface area contributed by atoms with Gasteiger partial charge in [-0.05, 0) is 31.2 Å². The molecule has 0 saturated carbocycles. The zero-order valence-corrected chi connectivity index (χ0v) is 16.0. The number of anilines is 1. The number of nitrogens with zero attached hydrogens (tertiary/aromatic N) is 3. The van der Waals surface area contributed by atoms with E-state index in [1.165, 1.54) is 23.6 Å². The van der Waals surface area contributed by atoms with Crippen LogP contribution >= 0.6 is 11.3 Å². The Morgan fingerprint density at radius 3 is 2.76 bits per heavy atom. The van der Waals surface area contributed by atoms with Gasteiger partial charge in [-0.15, -0.1) is 11.3 Å². The normalized spacial score (nSPS) is 11.0. The molecule has 6 nitrogen and oxygen atoms in total. The molecule has 0 aliphatic carbocycles. The van der Waals surface area contributed by atoms with Crippen molar-refractivity contribution in [3.05, 3.63) is 75.5 Å². The van der Waals surface area contributed by atoms with Gasteiger partial charge in [0.1, 0.15) is 6.54 Å². The molecule has 4 aromatic rings. The standard InChI is InChI=1S/C20H14F2N4O2S/c1-11-18(12-6-7-15(21)16(22)8-12)25-20(29-11)24-17(27)10-26-19(28)14-5-3-2-4-13(14)9-23-26/h2-9H,10H2,1H3,(H,24,25,27). The molecule has 0 bridgehead atoms. The van der Waals surface area contributed by atoms with Crippen LogP contribution in [0.25, 0.3) is 22.0 Å². The number of carbonyl (C=O) groups excluding carboxylic acids is 1. The summed E-state index contributed by atoms with van der Waals surface area (Å²) in [6.45, 7) is 1.49. The first-order valence-electron chi connectivity index (χ1n) is 8.60. The lowest BCUT2D eigenvalue weighted by Crippen LogP contribution is -2.29. The van der Waals surface area contributed by atoms with Gasteiger partial charge in [-0.2, -0.15) is 5.10 Å². The predicted molar refractivity (Wildman–Crippen MR) is 107 cm³/mol. The van der Waals surface area contributed by atoms with Gasteiger partial charge in [-0.3, -0.25) is 9.59 Å². The Kier molecular flexibility index (Phi) is 4.89. The number of benzene rings is 2. The van der Waals surface area contributed by atoms with Crippen molar-refractivity contribution in [3.63, 3.8) is 0 Å². The third kappa shape index (κ3) is 3.77. The molecule has 0 aliphatic rings. The summed E-state index contributed by atoms with van der Waals surface area (Å²) < 4.78 is 27.7. The number of hydrogen-bond acceptors (Lipinski definition) is 5. The van der Waals surface area contributed by atoms with Gasteiger partial charge in [0, 0.05) is 15.8 Å². The number of fused-ring (bicyclic) bond motifs is 1. The van der Waals surface area contributed by atoms with Gasteiger partial charge in [0.15, 0.2) is 16.8 Å². The van der Waals surface area contributed by atoms with Gasteiger partial charge in [0.25, 0.3) is 5.56 Å². The third-order valence-corrected chi connectivity index (χ3v) is 5.18. The quantitative estimate of drug-likeness (QED) is 0.554. The molecule has 2 heterocycles. The number of nitrogens with one attached hydrogen (secondary N) is 1. The first-order chi connectivity index (χ1) is 13.9. The molecule has 29 heavy (non-hydrogen) atoms. The van der Waals surface area contributed by atoms with Crippen LogP contribution in [0.5, 0.6) is 0 Å². The summed E-state index contributed by atoms with van der Waals surface area (Å²) in [5.74, 6) is -2.38. The van der Waals surface area contributed by atoms with Crippen LogP contribution in [-0.2, 0) is 11.3 Å². The van der Waals surface area contributed by atoms with Crippen molar-refractivity contribution >= 4 is 33.1 Å². The maximum atomic E-state index is 13.5. The lowest BCUT2D eigenvalue weighted by molar-refractivity contribution is -0.117. The zero-order chi connectivity index (χ0) is 20.5. The van der Waals surface area contributed by atoms with E-state index in [9.17, 15) is 18.4 Å². The van der Waals surface area contributed by atoms with Gasteiger partial charge in [-0.1, -0.05) is 18.2 Å². The SMILES string of the molecule is Cc1sc(NC(=O)Cn2ncc3ccccc3c2=O)nc1-c1ccc(F)c(F)c1. The second-order valence-corrected chi connectivity index (χ2v) is 7.50. The Morgan fingerprint density at radius 1 is 1.17 bits per heavy atom. The molecular formula is C20H14F2N4O2S. The number of carbonyl (C=O) groups is 1. The minimum atomic E-state index is -0.970. The second kappa shape index (κ2) is 7.51. The van der Waals surface area contributed by atoms with Gasteiger partial charge in [-0.25, -0.2) is 18.4 Å². The van der Waals surface area contributed by atoms with Crippen LogP contribution in [0.15, 0.2) is 53.5 Å². The number of hydrogen-bond donors (Lipinski definition) is 1. The topological polar surface area (TPSA) is 76.9 Å². The van der Waals surface area contributed by atoms with E-state index in [1.54, 1.807) is 31.2 Å². The zero-order valence-electron chi connectivity index (χ0n) is 15.1. The Bertz CT molecular complexity index is 1300. The third-order valence-electron chi connectivity index (χ3n) is 4.29. The fourth-order valence-electron chi connectivity index (χ4n) is 2.90. The van der Waals surface area contributed by atoms with E-state index < -0.39 is 17.5 Å². The molecule has 9 heteroatoms. The monoisotopic (exact) mass is 412 g/mol. The first kappa shape index (κ1) is 18.9. The largest absolute Gasteiger partial charge is 0.300 e. The van der Waals surface area contributed by atoms with Crippen LogP contribution in [0.2, 0.25) is 0 Å². The molecule has 4 rings (SSSR count). The van der Waals surface area contributed by atoms with Gasteiger partial charge in [0.05, 0.1) is 17.3 Å². The van der Waals surface area contributed by atoms with E-state index in [1.807, 2.05) is 0 Å². The molecule has 2 aromatic carbocycles. The molecule has 0 unspecified atom stereocenters. The van der Waals surface area contributed by atoms with Crippen molar-refractivity contribution in [1.82, 2.24) is 14.8 Å². The molecule has 0 spiro atoms. The van der Waals surface area contributed by atoms with Gasteiger partial charge in [0.2, 0.25) is 5.91 Å². The number of aromatic nitrogens is 3. The minimum absolute atomic E-state index is 0.275. The lowest BCUT2D eigenvalue weighted by atomic mass is 10.1. The Labute approximate surface area is 167 Å². The predicted octanol–water partition coefficient (Wildman–Crippen LogP) is 3.75. The highest BCUT2D eigenvalue weighted by atomic mass is 32.1. The van der Waals surface area contributed by atoms with Crippen molar-refractivity contribution in [3.8, 4) is 11.3 Å². The molecule has 0 fully saturated rings. The molecule has 0 saturated heterocycles. The molecule has 1 N–H and O–H groups in total. The van der Waals surface area contributed by atoms with E-state index in [-0.39, 0.29) is 12.1 Å². The molecule has 0 aliphatic heterocycles. The summed E-state index contributed by atoms with van der Waals surface area (Å²) in [6, 6.07) is 10.5. The fraction of sp³-hybridized carbons (Fsp3) is 0.100. The van der Waals surface area contributed by atoms with Crippen LogP contribution in [0.4, 0.5) is 13.9 Å². The summed E-state index contributed by atoms with van der Waals surface area (Å²) in [6.07, 6.45) is 1.53. The van der Waals surface area contributed by atoms with Crippen LogP contribution in [0.3, 0.4) is 0 Å². The summed E-state index contributed by atoms with van der Waals surface area (Å²) in [5.41, 5.74) is 0.492. The average Bonchev–Trinajstić information content (AvgIpc) is 3.06. The maximum Gasteiger partial charge on any atom is 0.275 e. The van der Waals surface area contributed by atoms with E-state index in [4.69, 9.17) is 0 Å². The smallest absolute Gasteiger partial charge is 0.275 e. The average molecular weight is 412 g/mol. The van der Waals surface area contributed by atoms with Crippen molar-refractivity contribution in [2.45, 2.75) is 13.5 Å². The minimum Gasteiger partial charge on any atom is -0.300 e. The molecule has 146 valence electrons. The number of amides is 1. The van der Waals surface area contributed by atoms with Crippen molar-refractivity contribution in [2.75, 3.05) is 5.32 Å². The highest BCUT2D eigenvalue weighted by Crippen LogP contribution is 2.31. The Hall–Kier alpha value is -3.46. The number of aryl methyl sites for hydroxylation is 1. The summed E-state index contributed by atoms with van der Waals surface area (Å²) in [5, 5.41) is 8.11. The number of thiazole rings is 1. The van der Waals surface area contributed by atoms with Crippen molar-refractivity contribution in [1.29, 1.82) is 0 Å². The molecular weight excluding hydrogens is 398 g/mol. The Balaban J connectivity index is 1.54. The highest BCUT2D eigenvalue weighted by molar-refractivity contribution is 7.16. The molecule has 1 amide bonds. The van der Waals surface area contributed by atoms with Gasteiger partial charge < -0.3 is 5.32 Å². The van der Waals surface area contributed by atoms with E-state index in [2.05, 4.69) is 15.4 Å². The van der Waals surface area contributed by atoms with Crippen LogP contribution < -0.4 is 10.9 Å². The maximum absolute atomic E-state index is 13.5. The van der Waals surface area contributed by atoms with E-state index >= 15 is 0 Å². The second-order valence-electron chi connectivity index (χ2n) is 6.30.